The molecule has 0 fully saturated rings. The van der Waals surface area contributed by atoms with Gasteiger partial charge in [0.25, 0.3) is 5.91 Å². The fraction of sp³-hybridized carbons (Fsp3) is 0.0667. The minimum absolute atomic E-state index is 0.0195. The van der Waals surface area contributed by atoms with Crippen molar-refractivity contribution in [2.24, 2.45) is 0 Å². The fourth-order valence-corrected chi connectivity index (χ4v) is 1.84. The molecule has 0 unspecified atom stereocenters. The number of amides is 1. The van der Waals surface area contributed by atoms with E-state index in [-0.39, 0.29) is 16.8 Å². The highest BCUT2D eigenvalue weighted by Gasteiger charge is 2.13. The van der Waals surface area contributed by atoms with Gasteiger partial charge in [0.2, 0.25) is 0 Å². The molecule has 2 rings (SSSR count). The second-order valence-electron chi connectivity index (χ2n) is 4.32. The van der Waals surface area contributed by atoms with Gasteiger partial charge in [-0.25, -0.2) is 9.18 Å². The summed E-state index contributed by atoms with van der Waals surface area (Å²) in [5, 5.41) is 11.5. The summed E-state index contributed by atoms with van der Waals surface area (Å²) in [6.45, 7) is 1.67. The maximum absolute atomic E-state index is 13.3. The third-order valence-electron chi connectivity index (χ3n) is 2.71. The van der Waals surface area contributed by atoms with Crippen LogP contribution in [-0.2, 0) is 0 Å². The quantitative estimate of drug-likeness (QED) is 0.903. The van der Waals surface area contributed by atoms with Gasteiger partial charge in [0, 0.05) is 5.56 Å². The lowest BCUT2D eigenvalue weighted by Gasteiger charge is -2.08. The highest BCUT2D eigenvalue weighted by atomic mass is 19.1. The van der Waals surface area contributed by atoms with Crippen molar-refractivity contribution >= 4 is 17.6 Å². The van der Waals surface area contributed by atoms with E-state index < -0.39 is 17.7 Å². The summed E-state index contributed by atoms with van der Waals surface area (Å²) in [6.07, 6.45) is 0. The number of hydrogen-bond acceptors (Lipinski definition) is 2. The molecule has 0 aromatic heterocycles. The standard InChI is InChI=1S/C15H12FNO3/c1-9-6-10(8-11(16)7-9)14(18)17-13-5-3-2-4-12(13)15(19)20/h2-8H,1H3,(H,17,18)(H,19,20). The number of carbonyl (C=O) groups excluding carboxylic acids is 1. The second kappa shape index (κ2) is 5.52. The zero-order valence-electron chi connectivity index (χ0n) is 10.7. The molecule has 2 N–H and O–H groups in total. The number of rotatable bonds is 3. The minimum atomic E-state index is -1.14. The SMILES string of the molecule is Cc1cc(F)cc(C(=O)Nc2ccccc2C(=O)O)c1. The van der Waals surface area contributed by atoms with Crippen molar-refractivity contribution in [2.45, 2.75) is 6.92 Å². The Morgan fingerprint density at radius 1 is 1.15 bits per heavy atom. The van der Waals surface area contributed by atoms with Gasteiger partial charge in [0.1, 0.15) is 5.82 Å². The average molecular weight is 273 g/mol. The molecule has 0 aliphatic carbocycles. The first-order chi connectivity index (χ1) is 9.47. The first kappa shape index (κ1) is 13.7. The molecule has 2 aromatic rings. The van der Waals surface area contributed by atoms with Gasteiger partial charge < -0.3 is 10.4 Å². The predicted octanol–water partition coefficient (Wildman–Crippen LogP) is 3.08. The lowest BCUT2D eigenvalue weighted by Crippen LogP contribution is -2.15. The monoisotopic (exact) mass is 273 g/mol. The summed E-state index contributed by atoms with van der Waals surface area (Å²) >= 11 is 0. The molecule has 102 valence electrons. The van der Waals surface area contributed by atoms with Crippen LogP contribution in [0.2, 0.25) is 0 Å². The summed E-state index contributed by atoms with van der Waals surface area (Å²) in [5.74, 6) is -2.21. The molecule has 0 spiro atoms. The average Bonchev–Trinajstić information content (AvgIpc) is 2.37. The molecule has 20 heavy (non-hydrogen) atoms. The molecule has 5 heteroatoms. The number of anilines is 1. The molecule has 0 heterocycles. The van der Waals surface area contributed by atoms with Crippen LogP contribution in [0.5, 0.6) is 0 Å². The minimum Gasteiger partial charge on any atom is -0.478 e. The molecular weight excluding hydrogens is 261 g/mol. The van der Waals surface area contributed by atoms with Crippen LogP contribution in [0.4, 0.5) is 10.1 Å². The van der Waals surface area contributed by atoms with E-state index in [4.69, 9.17) is 5.11 Å². The summed E-state index contributed by atoms with van der Waals surface area (Å²) in [7, 11) is 0. The van der Waals surface area contributed by atoms with Gasteiger partial charge in [0.15, 0.2) is 0 Å². The van der Waals surface area contributed by atoms with Crippen LogP contribution in [0.15, 0.2) is 42.5 Å². The maximum Gasteiger partial charge on any atom is 0.337 e. The van der Waals surface area contributed by atoms with E-state index in [0.717, 1.165) is 6.07 Å². The number of carboxylic acid groups (broad SMARTS) is 1. The van der Waals surface area contributed by atoms with Gasteiger partial charge >= 0.3 is 5.97 Å². The van der Waals surface area contributed by atoms with Crippen LogP contribution in [0, 0.1) is 12.7 Å². The summed E-state index contributed by atoms with van der Waals surface area (Å²) in [5.41, 5.74) is 0.908. The summed E-state index contributed by atoms with van der Waals surface area (Å²) in [4.78, 5) is 23.1. The molecule has 4 nitrogen and oxygen atoms in total. The second-order valence-corrected chi connectivity index (χ2v) is 4.32. The molecule has 1 amide bonds. The van der Waals surface area contributed by atoms with Crippen molar-refractivity contribution in [1.82, 2.24) is 0 Å². The highest BCUT2D eigenvalue weighted by Crippen LogP contribution is 2.17. The number of aromatic carboxylic acids is 1. The molecule has 0 aliphatic rings. The fourth-order valence-electron chi connectivity index (χ4n) is 1.84. The first-order valence-corrected chi connectivity index (χ1v) is 5.88. The Bertz CT molecular complexity index is 662. The molecule has 2 aromatic carbocycles. The lowest BCUT2D eigenvalue weighted by atomic mass is 10.1. The van der Waals surface area contributed by atoms with Gasteiger partial charge in [-0.3, -0.25) is 4.79 Å². The van der Waals surface area contributed by atoms with Gasteiger partial charge in [0.05, 0.1) is 11.3 Å². The summed E-state index contributed by atoms with van der Waals surface area (Å²) in [6, 6.07) is 9.97. The van der Waals surface area contributed by atoms with Gasteiger partial charge in [-0.1, -0.05) is 12.1 Å². The largest absolute Gasteiger partial charge is 0.478 e. The number of carboxylic acids is 1. The molecule has 0 saturated heterocycles. The number of hydrogen-bond donors (Lipinski definition) is 2. The van der Waals surface area contributed by atoms with Crippen molar-refractivity contribution in [3.63, 3.8) is 0 Å². The van der Waals surface area contributed by atoms with Crippen LogP contribution in [0.1, 0.15) is 26.3 Å². The van der Waals surface area contributed by atoms with E-state index in [9.17, 15) is 14.0 Å². The van der Waals surface area contributed by atoms with E-state index in [1.807, 2.05) is 0 Å². The topological polar surface area (TPSA) is 66.4 Å². The Labute approximate surface area is 114 Å². The van der Waals surface area contributed by atoms with Crippen LogP contribution in [0.3, 0.4) is 0 Å². The first-order valence-electron chi connectivity index (χ1n) is 5.88. The predicted molar refractivity (Wildman–Crippen MR) is 72.5 cm³/mol. The third-order valence-corrected chi connectivity index (χ3v) is 2.71. The van der Waals surface area contributed by atoms with Crippen molar-refractivity contribution in [2.75, 3.05) is 5.32 Å². The van der Waals surface area contributed by atoms with E-state index in [0.29, 0.717) is 5.56 Å². The maximum atomic E-state index is 13.3. The third kappa shape index (κ3) is 3.00. The smallest absolute Gasteiger partial charge is 0.337 e. The molecule has 0 radical (unpaired) electrons. The number of carbonyl (C=O) groups is 2. The van der Waals surface area contributed by atoms with E-state index in [1.165, 1.54) is 24.3 Å². The Morgan fingerprint density at radius 3 is 2.50 bits per heavy atom. The number of para-hydroxylation sites is 1. The number of aryl methyl sites for hydroxylation is 1. The molecule has 0 atom stereocenters. The number of benzene rings is 2. The molecular formula is C15H12FNO3. The van der Waals surface area contributed by atoms with Crippen molar-refractivity contribution < 1.29 is 19.1 Å². The van der Waals surface area contributed by atoms with Crippen LogP contribution >= 0.6 is 0 Å². The van der Waals surface area contributed by atoms with Gasteiger partial charge in [-0.2, -0.15) is 0 Å². The lowest BCUT2D eigenvalue weighted by molar-refractivity contribution is 0.0698. The van der Waals surface area contributed by atoms with Crippen LogP contribution in [0.25, 0.3) is 0 Å². The Morgan fingerprint density at radius 2 is 1.85 bits per heavy atom. The normalized spacial score (nSPS) is 10.1. The Balaban J connectivity index is 2.30. The van der Waals surface area contributed by atoms with E-state index in [2.05, 4.69) is 5.32 Å². The van der Waals surface area contributed by atoms with Crippen LogP contribution < -0.4 is 5.32 Å². The Kier molecular flexibility index (Phi) is 3.79. The number of nitrogens with one attached hydrogen (secondary N) is 1. The van der Waals surface area contributed by atoms with Crippen molar-refractivity contribution in [3.8, 4) is 0 Å². The van der Waals surface area contributed by atoms with Crippen LogP contribution in [-0.4, -0.2) is 17.0 Å². The highest BCUT2D eigenvalue weighted by molar-refractivity contribution is 6.07. The molecule has 0 bridgehead atoms. The van der Waals surface area contributed by atoms with E-state index >= 15 is 0 Å². The summed E-state index contributed by atoms with van der Waals surface area (Å²) < 4.78 is 13.3. The van der Waals surface area contributed by atoms with Gasteiger partial charge in [-0.15, -0.1) is 0 Å². The molecule has 0 aliphatic heterocycles. The zero-order valence-corrected chi connectivity index (χ0v) is 10.7. The van der Waals surface area contributed by atoms with Crippen molar-refractivity contribution in [1.29, 1.82) is 0 Å². The van der Waals surface area contributed by atoms with E-state index in [1.54, 1.807) is 19.1 Å². The molecule has 0 saturated carbocycles. The Hall–Kier alpha value is -2.69. The van der Waals surface area contributed by atoms with Crippen molar-refractivity contribution in [3.05, 3.63) is 65.0 Å². The van der Waals surface area contributed by atoms with Gasteiger partial charge in [-0.05, 0) is 42.8 Å². The number of halogens is 1. The zero-order chi connectivity index (χ0) is 14.7.